The number of nitrogens with one attached hydrogen (secondary N) is 1. The second kappa shape index (κ2) is 3.66. The Bertz CT molecular complexity index is 403. The molecule has 0 aliphatic heterocycles. The van der Waals surface area contributed by atoms with Crippen LogP contribution in [0, 0.1) is 0 Å². The molecule has 0 spiro atoms. The molecule has 2 aromatic heterocycles. The first kappa shape index (κ1) is 8.45. The minimum Gasteiger partial charge on any atom is -0.310 e. The van der Waals surface area contributed by atoms with Gasteiger partial charge in [-0.25, -0.2) is 9.50 Å². The van der Waals surface area contributed by atoms with E-state index in [1.807, 2.05) is 13.8 Å². The van der Waals surface area contributed by atoms with Crippen molar-refractivity contribution in [3.63, 3.8) is 0 Å². The van der Waals surface area contributed by atoms with Crippen LogP contribution in [0.1, 0.15) is 13.8 Å². The van der Waals surface area contributed by atoms with E-state index in [4.69, 9.17) is 0 Å². The average molecular weight is 166 g/mol. The van der Waals surface area contributed by atoms with Gasteiger partial charge in [-0.15, -0.1) is 0 Å². The van der Waals surface area contributed by atoms with E-state index >= 15 is 0 Å². The van der Waals surface area contributed by atoms with Gasteiger partial charge in [0.25, 0.3) is 5.56 Å². The number of nitrogens with zero attached hydrogens (tertiary/aromatic N) is 3. The second-order valence-corrected chi connectivity index (χ2v) is 1.84. The third kappa shape index (κ3) is 1.34. The molecule has 12 heavy (non-hydrogen) atoms. The summed E-state index contributed by atoms with van der Waals surface area (Å²) < 4.78 is 1.42. The molecule has 0 saturated heterocycles. The standard InChI is InChI=1S/C5H4N4O.C2H6/c10-5-4-1-6-3-9(4)8-2-7-5;1-2/h1-3H,(H,7,8,10);1-2H3. The summed E-state index contributed by atoms with van der Waals surface area (Å²) in [6.45, 7) is 4.00. The summed E-state index contributed by atoms with van der Waals surface area (Å²) in [7, 11) is 0. The van der Waals surface area contributed by atoms with Gasteiger partial charge in [0.2, 0.25) is 0 Å². The summed E-state index contributed by atoms with van der Waals surface area (Å²) in [6.07, 6.45) is 4.27. The highest BCUT2D eigenvalue weighted by Gasteiger charge is 1.94. The van der Waals surface area contributed by atoms with Gasteiger partial charge < -0.3 is 4.98 Å². The van der Waals surface area contributed by atoms with E-state index in [1.54, 1.807) is 0 Å². The third-order valence-electron chi connectivity index (χ3n) is 1.23. The second-order valence-electron chi connectivity index (χ2n) is 1.84. The lowest BCUT2D eigenvalue weighted by Crippen LogP contribution is -2.09. The zero-order chi connectivity index (χ0) is 8.97. The van der Waals surface area contributed by atoms with Crippen LogP contribution < -0.4 is 5.56 Å². The molecule has 5 nitrogen and oxygen atoms in total. The number of fused-ring (bicyclic) bond motifs is 1. The Hall–Kier alpha value is -1.65. The fraction of sp³-hybridized carbons (Fsp3) is 0.286. The molecule has 2 heterocycles. The first-order chi connectivity index (χ1) is 5.88. The largest absolute Gasteiger partial charge is 0.310 e. The first-order valence-electron chi connectivity index (χ1n) is 3.74. The zero-order valence-electron chi connectivity index (χ0n) is 6.98. The molecule has 0 amide bonds. The maximum atomic E-state index is 10.9. The van der Waals surface area contributed by atoms with E-state index in [0.29, 0.717) is 5.52 Å². The van der Waals surface area contributed by atoms with Crippen LogP contribution in [0.4, 0.5) is 0 Å². The lowest BCUT2D eigenvalue weighted by molar-refractivity contribution is 0.879. The van der Waals surface area contributed by atoms with Crippen LogP contribution in [0.2, 0.25) is 0 Å². The van der Waals surface area contributed by atoms with Crippen LogP contribution in [0.15, 0.2) is 23.6 Å². The van der Waals surface area contributed by atoms with E-state index in [9.17, 15) is 4.79 Å². The number of H-pyrrole nitrogens is 1. The molecule has 2 rings (SSSR count). The van der Waals surface area contributed by atoms with Crippen LogP contribution in [0.5, 0.6) is 0 Å². The van der Waals surface area contributed by atoms with Crippen LogP contribution in [-0.2, 0) is 0 Å². The minimum atomic E-state index is -0.174. The van der Waals surface area contributed by atoms with Gasteiger partial charge in [0.1, 0.15) is 18.2 Å². The van der Waals surface area contributed by atoms with E-state index in [0.717, 1.165) is 0 Å². The van der Waals surface area contributed by atoms with Gasteiger partial charge in [0.05, 0.1) is 6.20 Å². The molecule has 0 aliphatic carbocycles. The highest BCUT2D eigenvalue weighted by molar-refractivity contribution is 5.39. The minimum absolute atomic E-state index is 0.174. The molecule has 0 saturated carbocycles. The Morgan fingerprint density at radius 2 is 2.25 bits per heavy atom. The summed E-state index contributed by atoms with van der Waals surface area (Å²) in [4.78, 5) is 17.1. The molecule has 5 heteroatoms. The van der Waals surface area contributed by atoms with Crippen LogP contribution in [0.25, 0.3) is 5.52 Å². The van der Waals surface area contributed by atoms with E-state index in [2.05, 4.69) is 15.1 Å². The Balaban J connectivity index is 0.000000336. The van der Waals surface area contributed by atoms with Crippen LogP contribution >= 0.6 is 0 Å². The number of rotatable bonds is 0. The normalized spacial score (nSPS) is 9.17. The number of aromatic nitrogens is 4. The molecule has 2 aromatic rings. The molecule has 0 fully saturated rings. The lowest BCUT2D eigenvalue weighted by atomic mass is 10.6. The van der Waals surface area contributed by atoms with Gasteiger partial charge in [-0.2, -0.15) is 5.10 Å². The van der Waals surface area contributed by atoms with E-state index in [1.165, 1.54) is 23.4 Å². The summed E-state index contributed by atoms with van der Waals surface area (Å²) in [5.74, 6) is 0. The number of imidazole rings is 1. The van der Waals surface area contributed by atoms with Crippen molar-refractivity contribution < 1.29 is 0 Å². The number of hydrogen-bond acceptors (Lipinski definition) is 3. The summed E-state index contributed by atoms with van der Waals surface area (Å²) in [5, 5.41) is 3.80. The van der Waals surface area contributed by atoms with Crippen molar-refractivity contribution in [3.8, 4) is 0 Å². The van der Waals surface area contributed by atoms with Gasteiger partial charge in [-0.05, 0) is 0 Å². The Morgan fingerprint density at radius 1 is 1.50 bits per heavy atom. The molecular weight excluding hydrogens is 156 g/mol. The summed E-state index contributed by atoms with van der Waals surface area (Å²) >= 11 is 0. The van der Waals surface area contributed by atoms with Gasteiger partial charge in [0, 0.05) is 0 Å². The van der Waals surface area contributed by atoms with Crippen molar-refractivity contribution in [2.24, 2.45) is 0 Å². The van der Waals surface area contributed by atoms with Gasteiger partial charge >= 0.3 is 0 Å². The maximum Gasteiger partial charge on any atom is 0.276 e. The van der Waals surface area contributed by atoms with Crippen molar-refractivity contribution >= 4 is 5.52 Å². The fourth-order valence-corrected chi connectivity index (χ4v) is 0.767. The Kier molecular flexibility index (Phi) is 2.57. The number of hydrogen-bond donors (Lipinski definition) is 1. The van der Waals surface area contributed by atoms with Crippen molar-refractivity contribution in [3.05, 3.63) is 29.2 Å². The quantitative estimate of drug-likeness (QED) is 0.617. The van der Waals surface area contributed by atoms with Gasteiger partial charge in [0.15, 0.2) is 0 Å². The van der Waals surface area contributed by atoms with Crippen LogP contribution in [-0.4, -0.2) is 19.6 Å². The fourth-order valence-electron chi connectivity index (χ4n) is 0.767. The van der Waals surface area contributed by atoms with Gasteiger partial charge in [-0.3, -0.25) is 4.79 Å². The Morgan fingerprint density at radius 3 is 2.92 bits per heavy atom. The smallest absolute Gasteiger partial charge is 0.276 e. The third-order valence-corrected chi connectivity index (χ3v) is 1.23. The first-order valence-corrected chi connectivity index (χ1v) is 3.74. The highest BCUT2D eigenvalue weighted by atomic mass is 16.1. The summed E-state index contributed by atoms with van der Waals surface area (Å²) in [6, 6.07) is 0. The van der Waals surface area contributed by atoms with Crippen molar-refractivity contribution in [1.82, 2.24) is 19.6 Å². The molecule has 0 aromatic carbocycles. The zero-order valence-corrected chi connectivity index (χ0v) is 6.98. The molecule has 0 radical (unpaired) electrons. The van der Waals surface area contributed by atoms with Crippen LogP contribution in [0.3, 0.4) is 0 Å². The predicted molar refractivity (Wildman–Crippen MR) is 45.0 cm³/mol. The maximum absolute atomic E-state index is 10.9. The summed E-state index contributed by atoms with van der Waals surface area (Å²) in [5.41, 5.74) is 0.287. The molecule has 0 atom stereocenters. The SMILES string of the molecule is CC.O=c1[nH]cnn2cncc12. The van der Waals surface area contributed by atoms with Gasteiger partial charge in [-0.1, -0.05) is 13.8 Å². The number of aromatic amines is 1. The highest BCUT2D eigenvalue weighted by Crippen LogP contribution is 1.86. The van der Waals surface area contributed by atoms with E-state index in [-0.39, 0.29) is 5.56 Å². The average Bonchev–Trinajstić information content (AvgIpc) is 2.57. The molecule has 0 aliphatic rings. The Labute approximate surface area is 69.1 Å². The molecular formula is C7H10N4O. The van der Waals surface area contributed by atoms with E-state index < -0.39 is 0 Å². The van der Waals surface area contributed by atoms with Crippen molar-refractivity contribution in [1.29, 1.82) is 0 Å². The monoisotopic (exact) mass is 166 g/mol. The molecule has 64 valence electrons. The lowest BCUT2D eigenvalue weighted by Gasteiger charge is -1.85. The molecule has 1 N–H and O–H groups in total. The molecule has 0 unspecified atom stereocenters. The molecule has 0 bridgehead atoms. The topological polar surface area (TPSA) is 63.0 Å². The predicted octanol–water partition coefficient (Wildman–Crippen LogP) is 0.444. The van der Waals surface area contributed by atoms with Crippen molar-refractivity contribution in [2.75, 3.05) is 0 Å². The van der Waals surface area contributed by atoms with Crippen molar-refractivity contribution in [2.45, 2.75) is 13.8 Å².